The minimum absolute atomic E-state index is 0.230. The van der Waals surface area contributed by atoms with Crippen LogP contribution < -0.4 is 9.46 Å². The van der Waals surface area contributed by atoms with Gasteiger partial charge >= 0.3 is 0 Å². The number of aromatic nitrogens is 2. The van der Waals surface area contributed by atoms with Gasteiger partial charge in [-0.1, -0.05) is 66.5 Å². The molecule has 0 saturated heterocycles. The van der Waals surface area contributed by atoms with Gasteiger partial charge in [0.2, 0.25) is 10.0 Å². The van der Waals surface area contributed by atoms with Crippen molar-refractivity contribution in [3.63, 3.8) is 0 Å². The highest BCUT2D eigenvalue weighted by atomic mass is 35.5. The molecule has 2 aliphatic heterocycles. The Balaban J connectivity index is 1.18. The zero-order valence-corrected chi connectivity index (χ0v) is 27.6. The molecule has 0 bridgehead atoms. The second-order valence-electron chi connectivity index (χ2n) is 12.0. The summed E-state index contributed by atoms with van der Waals surface area (Å²) in [4.78, 5) is 9.96. The Morgan fingerprint density at radius 1 is 0.894 bits per heavy atom. The fourth-order valence-electron chi connectivity index (χ4n) is 7.06. The third kappa shape index (κ3) is 4.15. The lowest BCUT2D eigenvalue weighted by molar-refractivity contribution is 0.169. The van der Waals surface area contributed by atoms with E-state index in [1.807, 2.05) is 74.7 Å². The third-order valence-electron chi connectivity index (χ3n) is 9.17. The van der Waals surface area contributed by atoms with Crippen molar-refractivity contribution in [1.82, 2.24) is 13.9 Å². The van der Waals surface area contributed by atoms with Crippen LogP contribution in [0, 0.1) is 0 Å². The number of aliphatic imine (C=N–C) groups is 2. The van der Waals surface area contributed by atoms with Gasteiger partial charge in [0.05, 0.1) is 27.3 Å². The van der Waals surface area contributed by atoms with E-state index >= 15 is 0 Å². The molecule has 47 heavy (non-hydrogen) atoms. The number of fused-ring (bicyclic) bond motifs is 12. The molecule has 9 rings (SSSR count). The van der Waals surface area contributed by atoms with Gasteiger partial charge < -0.3 is 18.6 Å². The van der Waals surface area contributed by atoms with Crippen LogP contribution in [0.15, 0.2) is 98.2 Å². The molecule has 0 spiro atoms. The molecule has 12 heteroatoms. The molecule has 2 unspecified atom stereocenters. The minimum atomic E-state index is -3.60. The highest BCUT2D eigenvalue weighted by Crippen LogP contribution is 2.51. The maximum atomic E-state index is 13.0. The van der Waals surface area contributed by atoms with Crippen molar-refractivity contribution < 1.29 is 17.9 Å². The Morgan fingerprint density at radius 3 is 2.47 bits per heavy atom. The summed E-state index contributed by atoms with van der Waals surface area (Å²) < 4.78 is 46.0. The largest absolute Gasteiger partial charge is 0.475 e. The monoisotopic (exact) mass is 683 g/mol. The lowest BCUT2D eigenvalue weighted by Gasteiger charge is -2.35. The van der Waals surface area contributed by atoms with Crippen molar-refractivity contribution in [2.45, 2.75) is 31.4 Å². The lowest BCUT2D eigenvalue weighted by atomic mass is 9.93. The molecule has 0 amide bonds. The van der Waals surface area contributed by atoms with E-state index in [1.54, 1.807) is 4.57 Å². The molecular formula is C35H27Cl2N5O4S. The number of benzene rings is 3. The minimum Gasteiger partial charge on any atom is -0.475 e. The number of para-hydroxylation sites is 2. The van der Waals surface area contributed by atoms with Crippen LogP contribution in [0.3, 0.4) is 0 Å². The van der Waals surface area contributed by atoms with E-state index in [0.29, 0.717) is 52.3 Å². The number of nitrogens with zero attached hydrogens (tertiary/aromatic N) is 4. The van der Waals surface area contributed by atoms with Gasteiger partial charge in [0.25, 0.3) is 0 Å². The lowest BCUT2D eigenvalue weighted by Crippen LogP contribution is -2.37. The summed E-state index contributed by atoms with van der Waals surface area (Å²) >= 11 is 14.2. The van der Waals surface area contributed by atoms with Crippen LogP contribution in [0.2, 0.25) is 0 Å². The van der Waals surface area contributed by atoms with Gasteiger partial charge in [0.1, 0.15) is 28.0 Å². The van der Waals surface area contributed by atoms with Crippen molar-refractivity contribution in [2.75, 3.05) is 6.54 Å². The normalized spacial score (nSPS) is 19.9. The third-order valence-corrected chi connectivity index (χ3v) is 11.2. The zero-order valence-electron chi connectivity index (χ0n) is 25.3. The van der Waals surface area contributed by atoms with E-state index in [-0.39, 0.29) is 10.9 Å². The van der Waals surface area contributed by atoms with Gasteiger partial charge in [-0.3, -0.25) is 0 Å². The maximum Gasteiger partial charge on any atom is 0.230 e. The van der Waals surface area contributed by atoms with E-state index < -0.39 is 22.2 Å². The molecule has 9 nitrogen and oxygen atoms in total. The number of hydrogen-bond donors (Lipinski definition) is 1. The first-order valence-corrected chi connectivity index (χ1v) is 17.7. The number of hydrogen-bond acceptors (Lipinski definition) is 6. The predicted molar refractivity (Wildman–Crippen MR) is 187 cm³/mol. The Morgan fingerprint density at radius 2 is 1.66 bits per heavy atom. The van der Waals surface area contributed by atoms with Gasteiger partial charge in [-0.25, -0.2) is 23.1 Å². The molecule has 236 valence electrons. The average molecular weight is 685 g/mol. The Kier molecular flexibility index (Phi) is 6.33. The van der Waals surface area contributed by atoms with Crippen molar-refractivity contribution in [3.8, 4) is 5.75 Å². The van der Waals surface area contributed by atoms with E-state index in [1.165, 1.54) is 0 Å². The summed E-state index contributed by atoms with van der Waals surface area (Å²) in [5.41, 5.74) is 6.54. The second-order valence-corrected chi connectivity index (χ2v) is 14.5. The first-order valence-electron chi connectivity index (χ1n) is 15.3. The smallest absolute Gasteiger partial charge is 0.230 e. The van der Waals surface area contributed by atoms with Crippen molar-refractivity contribution in [3.05, 3.63) is 99.5 Å². The summed E-state index contributed by atoms with van der Waals surface area (Å²) in [6.07, 6.45) is 3.01. The number of rotatable bonds is 5. The molecule has 0 radical (unpaired) electrons. The summed E-state index contributed by atoms with van der Waals surface area (Å²) in [7, 11) is -1.56. The van der Waals surface area contributed by atoms with Crippen molar-refractivity contribution in [2.24, 2.45) is 17.0 Å². The van der Waals surface area contributed by atoms with E-state index in [0.717, 1.165) is 44.0 Å². The van der Waals surface area contributed by atoms with Crippen LogP contribution >= 0.6 is 23.2 Å². The molecule has 4 aliphatic rings. The second kappa shape index (κ2) is 10.3. The van der Waals surface area contributed by atoms with Gasteiger partial charge in [-0.15, -0.1) is 0 Å². The molecule has 2 aromatic heterocycles. The van der Waals surface area contributed by atoms with Crippen LogP contribution in [-0.2, 0) is 27.7 Å². The van der Waals surface area contributed by atoms with Crippen LogP contribution in [0.25, 0.3) is 38.8 Å². The quantitative estimate of drug-likeness (QED) is 0.207. The maximum absolute atomic E-state index is 13.0. The fraction of sp³-hybridized carbons (Fsp3) is 0.200. The predicted octanol–water partition coefficient (Wildman–Crippen LogP) is 7.56. The SMILES string of the molecule is CCCNS(=O)(=O)Cn1c2c(c3ccccc31)C1OC3=C(Cl)C4=Nc5ccc6c(c5OC4C(Cl)=C3N=C1C=C2)c1ccccc1n6C. The van der Waals surface area contributed by atoms with Crippen molar-refractivity contribution >= 4 is 89.1 Å². The first-order chi connectivity index (χ1) is 22.8. The highest BCUT2D eigenvalue weighted by molar-refractivity contribution is 7.88. The Hall–Kier alpha value is -4.35. The molecule has 4 heterocycles. The highest BCUT2D eigenvalue weighted by Gasteiger charge is 2.44. The summed E-state index contributed by atoms with van der Waals surface area (Å²) in [6.45, 7) is 2.30. The molecular weight excluding hydrogens is 657 g/mol. The van der Waals surface area contributed by atoms with Gasteiger partial charge in [-0.2, -0.15) is 0 Å². The molecule has 5 aromatic rings. The number of halogens is 2. The fourth-order valence-corrected chi connectivity index (χ4v) is 8.83. The summed E-state index contributed by atoms with van der Waals surface area (Å²) in [5.74, 6) is 0.723. The van der Waals surface area contributed by atoms with Crippen LogP contribution in [0.1, 0.15) is 30.7 Å². The van der Waals surface area contributed by atoms with Crippen molar-refractivity contribution in [1.29, 1.82) is 0 Å². The van der Waals surface area contributed by atoms with Gasteiger partial charge in [-0.05, 0) is 42.8 Å². The zero-order chi connectivity index (χ0) is 32.2. The molecule has 0 fully saturated rings. The Bertz CT molecular complexity index is 2500. The van der Waals surface area contributed by atoms with Gasteiger partial charge in [0.15, 0.2) is 23.7 Å². The summed E-state index contributed by atoms with van der Waals surface area (Å²) in [5, 5.41) is 3.48. The number of ether oxygens (including phenoxy) is 2. The number of aryl methyl sites for hydroxylation is 1. The van der Waals surface area contributed by atoms with E-state index in [2.05, 4.69) is 21.4 Å². The van der Waals surface area contributed by atoms with Crippen LogP contribution in [0.4, 0.5) is 5.69 Å². The van der Waals surface area contributed by atoms with E-state index in [4.69, 9.17) is 42.7 Å². The molecule has 2 aliphatic carbocycles. The average Bonchev–Trinajstić information content (AvgIpc) is 3.56. The summed E-state index contributed by atoms with van der Waals surface area (Å²) in [6, 6.07) is 19.8. The standard InChI is InChI=1S/C35H27Cl2N5O4S/c1-3-16-38-47(43,44)17-42-23-11-7-5-9-19(23)27-25(42)15-13-21-33(27)46-35-29(37)30-34(28(36)31(35)40-21)45-32-20(39-30)12-14-24-26(32)18-8-4-6-10-22(18)41(24)2/h4-15,33-34,38H,3,16-17H2,1-2H3. The Labute approximate surface area is 280 Å². The first kappa shape index (κ1) is 28.8. The number of nitrogens with one attached hydrogen (secondary N) is 1. The molecule has 2 atom stereocenters. The molecule has 0 saturated carbocycles. The molecule has 1 N–H and O–H groups in total. The topological polar surface area (TPSA) is 99.2 Å². The van der Waals surface area contributed by atoms with Gasteiger partial charge in [0, 0.05) is 41.0 Å². The number of sulfonamides is 1. The molecule has 3 aromatic carbocycles. The van der Waals surface area contributed by atoms with E-state index in [9.17, 15) is 8.42 Å². The van der Waals surface area contributed by atoms with Crippen LogP contribution in [0.5, 0.6) is 5.75 Å². The van der Waals surface area contributed by atoms with Crippen LogP contribution in [-0.4, -0.2) is 41.6 Å².